The van der Waals surface area contributed by atoms with Crippen LogP contribution in [0.2, 0.25) is 5.02 Å². The normalized spacial score (nSPS) is 19.7. The van der Waals surface area contributed by atoms with E-state index in [4.69, 9.17) is 21.1 Å². The van der Waals surface area contributed by atoms with Crippen molar-refractivity contribution in [3.8, 4) is 0 Å². The number of amides is 1. The van der Waals surface area contributed by atoms with E-state index in [0.29, 0.717) is 56.6 Å². The van der Waals surface area contributed by atoms with Crippen LogP contribution in [-0.2, 0) is 24.3 Å². The van der Waals surface area contributed by atoms with Gasteiger partial charge >= 0.3 is 0 Å². The molecule has 0 aromatic heterocycles. The van der Waals surface area contributed by atoms with Crippen LogP contribution >= 0.6 is 11.6 Å². The number of ether oxygens (including phenoxy) is 2. The molecule has 132 valence electrons. The van der Waals surface area contributed by atoms with Gasteiger partial charge in [-0.25, -0.2) is 8.42 Å². The van der Waals surface area contributed by atoms with E-state index >= 15 is 0 Å². The molecule has 2 fully saturated rings. The van der Waals surface area contributed by atoms with Crippen LogP contribution in [-0.4, -0.2) is 58.1 Å². The summed E-state index contributed by atoms with van der Waals surface area (Å²) in [6, 6.07) is 4.34. The molecule has 0 bridgehead atoms. The van der Waals surface area contributed by atoms with Crippen molar-refractivity contribution in [3.63, 3.8) is 0 Å². The van der Waals surface area contributed by atoms with Gasteiger partial charge in [-0.05, 0) is 18.2 Å². The first-order chi connectivity index (χ1) is 11.5. The van der Waals surface area contributed by atoms with Crippen LogP contribution in [0.25, 0.3) is 0 Å². The van der Waals surface area contributed by atoms with Gasteiger partial charge in [-0.2, -0.15) is 4.31 Å². The smallest absolute Gasteiger partial charge is 0.243 e. The largest absolute Gasteiger partial charge is 0.381 e. The molecule has 0 saturated carbocycles. The Bertz CT molecular complexity index is 715. The molecule has 1 amide bonds. The molecule has 1 aromatic carbocycles. The summed E-state index contributed by atoms with van der Waals surface area (Å²) < 4.78 is 36.9. The zero-order valence-electron chi connectivity index (χ0n) is 13.0. The number of sulfonamides is 1. The molecule has 0 spiro atoms. The summed E-state index contributed by atoms with van der Waals surface area (Å²) in [4.78, 5) is 12.1. The quantitative estimate of drug-likeness (QED) is 0.840. The lowest BCUT2D eigenvalue weighted by molar-refractivity contribution is -0.121. The third-order valence-electron chi connectivity index (χ3n) is 4.00. The van der Waals surface area contributed by atoms with Crippen molar-refractivity contribution < 1.29 is 22.7 Å². The fourth-order valence-electron chi connectivity index (χ4n) is 2.56. The third-order valence-corrected chi connectivity index (χ3v) is 6.23. The number of hydrogen-bond donors (Lipinski definition) is 1. The van der Waals surface area contributed by atoms with Gasteiger partial charge in [0.1, 0.15) is 0 Å². The molecular formula is C15H19ClN2O5S. The Labute approximate surface area is 145 Å². The highest BCUT2D eigenvalue weighted by atomic mass is 35.5. The molecule has 2 aliphatic heterocycles. The van der Waals surface area contributed by atoms with Gasteiger partial charge in [-0.1, -0.05) is 11.6 Å². The average Bonchev–Trinajstić information content (AvgIpc) is 2.54. The molecule has 1 aromatic rings. The average molecular weight is 375 g/mol. The molecule has 3 rings (SSSR count). The first-order valence-electron chi connectivity index (χ1n) is 7.72. The Kier molecular flexibility index (Phi) is 5.41. The van der Waals surface area contributed by atoms with E-state index in [1.54, 1.807) is 0 Å². The van der Waals surface area contributed by atoms with Gasteiger partial charge in [0.2, 0.25) is 15.9 Å². The number of halogens is 1. The van der Waals surface area contributed by atoms with Gasteiger partial charge in [0.15, 0.2) is 0 Å². The van der Waals surface area contributed by atoms with Crippen molar-refractivity contribution in [1.82, 2.24) is 4.31 Å². The Balaban J connectivity index is 1.76. The summed E-state index contributed by atoms with van der Waals surface area (Å²) in [5.74, 6) is 0.00941. The minimum Gasteiger partial charge on any atom is -0.381 e. The lowest BCUT2D eigenvalue weighted by Crippen LogP contribution is -2.40. The van der Waals surface area contributed by atoms with Crippen molar-refractivity contribution in [2.75, 3.05) is 44.8 Å². The van der Waals surface area contributed by atoms with E-state index in [-0.39, 0.29) is 16.7 Å². The van der Waals surface area contributed by atoms with Crippen LogP contribution in [0.15, 0.2) is 23.1 Å². The highest BCUT2D eigenvalue weighted by molar-refractivity contribution is 7.89. The summed E-state index contributed by atoms with van der Waals surface area (Å²) in [6.07, 6.45) is 0.330. The van der Waals surface area contributed by atoms with Crippen molar-refractivity contribution in [1.29, 1.82) is 0 Å². The van der Waals surface area contributed by atoms with Gasteiger partial charge in [0.25, 0.3) is 0 Å². The van der Waals surface area contributed by atoms with Crippen LogP contribution in [0, 0.1) is 5.92 Å². The first-order valence-corrected chi connectivity index (χ1v) is 9.53. The molecule has 0 aliphatic carbocycles. The lowest BCUT2D eigenvalue weighted by atomic mass is 10.0. The number of anilines is 1. The minimum atomic E-state index is -3.63. The van der Waals surface area contributed by atoms with Crippen LogP contribution in [0.5, 0.6) is 0 Å². The fraction of sp³-hybridized carbons (Fsp3) is 0.533. The Morgan fingerprint density at radius 2 is 1.96 bits per heavy atom. The van der Waals surface area contributed by atoms with Crippen molar-refractivity contribution in [3.05, 3.63) is 23.2 Å². The second-order valence-electron chi connectivity index (χ2n) is 5.81. The topological polar surface area (TPSA) is 84.9 Å². The maximum absolute atomic E-state index is 12.7. The van der Waals surface area contributed by atoms with Crippen LogP contribution in [0.1, 0.15) is 6.42 Å². The number of carbonyl (C=O) groups is 1. The van der Waals surface area contributed by atoms with E-state index in [1.165, 1.54) is 22.5 Å². The summed E-state index contributed by atoms with van der Waals surface area (Å²) in [7, 11) is -3.63. The second-order valence-corrected chi connectivity index (χ2v) is 8.16. The molecule has 1 N–H and O–H groups in total. The van der Waals surface area contributed by atoms with Gasteiger partial charge < -0.3 is 14.8 Å². The van der Waals surface area contributed by atoms with E-state index in [0.717, 1.165) is 0 Å². The van der Waals surface area contributed by atoms with Crippen LogP contribution in [0.3, 0.4) is 0 Å². The van der Waals surface area contributed by atoms with Crippen LogP contribution < -0.4 is 5.32 Å². The van der Waals surface area contributed by atoms with Gasteiger partial charge in [-0.15, -0.1) is 0 Å². The molecule has 2 saturated heterocycles. The molecule has 7 nitrogen and oxygen atoms in total. The Morgan fingerprint density at radius 1 is 1.25 bits per heavy atom. The summed E-state index contributed by atoms with van der Waals surface area (Å²) in [5.41, 5.74) is 0.302. The monoisotopic (exact) mass is 374 g/mol. The molecule has 0 radical (unpaired) electrons. The SMILES string of the molecule is O=C(CC1COC1)Nc1cc(S(=O)(=O)N2CCOCC2)ccc1Cl. The Hall–Kier alpha value is -1.19. The zero-order chi connectivity index (χ0) is 17.2. The highest BCUT2D eigenvalue weighted by Gasteiger charge is 2.27. The van der Waals surface area contributed by atoms with Gasteiger partial charge in [-0.3, -0.25) is 4.79 Å². The predicted molar refractivity (Wildman–Crippen MR) is 88.6 cm³/mol. The van der Waals surface area contributed by atoms with E-state index in [1.807, 2.05) is 0 Å². The fourth-order valence-corrected chi connectivity index (χ4v) is 4.16. The molecule has 0 atom stereocenters. The van der Waals surface area contributed by atoms with Crippen molar-refractivity contribution >= 4 is 33.2 Å². The summed E-state index contributed by atoms with van der Waals surface area (Å²) in [6.45, 7) is 2.53. The zero-order valence-corrected chi connectivity index (χ0v) is 14.6. The van der Waals surface area contributed by atoms with E-state index in [9.17, 15) is 13.2 Å². The van der Waals surface area contributed by atoms with E-state index < -0.39 is 10.0 Å². The third kappa shape index (κ3) is 3.89. The predicted octanol–water partition coefficient (Wildman–Crippen LogP) is 1.34. The van der Waals surface area contributed by atoms with Crippen LogP contribution in [0.4, 0.5) is 5.69 Å². The Morgan fingerprint density at radius 3 is 2.58 bits per heavy atom. The van der Waals surface area contributed by atoms with Gasteiger partial charge in [0, 0.05) is 25.4 Å². The molecular weight excluding hydrogens is 356 g/mol. The number of nitrogens with one attached hydrogen (secondary N) is 1. The standard InChI is InChI=1S/C15H19ClN2O5S/c16-13-2-1-12(24(20,21)18-3-5-22-6-4-18)8-14(13)17-15(19)7-11-9-23-10-11/h1-2,8,11H,3-7,9-10H2,(H,17,19). The maximum Gasteiger partial charge on any atom is 0.243 e. The highest BCUT2D eigenvalue weighted by Crippen LogP contribution is 2.28. The summed E-state index contributed by atoms with van der Waals surface area (Å²) >= 11 is 6.09. The number of nitrogens with zero attached hydrogens (tertiary/aromatic N) is 1. The summed E-state index contributed by atoms with van der Waals surface area (Å²) in [5, 5.41) is 2.99. The molecule has 24 heavy (non-hydrogen) atoms. The lowest BCUT2D eigenvalue weighted by Gasteiger charge is -2.26. The first kappa shape index (κ1) is 17.6. The number of benzene rings is 1. The molecule has 0 unspecified atom stereocenters. The number of carbonyl (C=O) groups excluding carboxylic acids is 1. The van der Waals surface area contributed by atoms with E-state index in [2.05, 4.69) is 5.32 Å². The molecule has 2 heterocycles. The maximum atomic E-state index is 12.7. The molecule has 9 heteroatoms. The number of hydrogen-bond acceptors (Lipinski definition) is 5. The second kappa shape index (κ2) is 7.37. The minimum absolute atomic E-state index is 0.107. The van der Waals surface area contributed by atoms with Gasteiger partial charge in [0.05, 0.1) is 42.0 Å². The molecule has 2 aliphatic rings. The van der Waals surface area contributed by atoms with Crippen molar-refractivity contribution in [2.45, 2.75) is 11.3 Å². The number of morpholine rings is 1. The van der Waals surface area contributed by atoms with Crippen molar-refractivity contribution in [2.24, 2.45) is 5.92 Å². The number of rotatable bonds is 5.